The SMILES string of the molecule is CCCc1ncc2c(n1)CCN(Cc1cncc(F)c1)C2. The Bertz CT molecular complexity index is 629. The fourth-order valence-electron chi connectivity index (χ4n) is 2.70. The van der Waals surface area contributed by atoms with E-state index in [1.165, 1.54) is 17.5 Å². The van der Waals surface area contributed by atoms with Crippen LogP contribution in [0.2, 0.25) is 0 Å². The van der Waals surface area contributed by atoms with Crippen LogP contribution >= 0.6 is 0 Å². The Morgan fingerprint density at radius 2 is 2.19 bits per heavy atom. The number of aromatic nitrogens is 3. The average Bonchev–Trinajstić information content (AvgIpc) is 2.48. The molecule has 4 nitrogen and oxygen atoms in total. The molecule has 0 aromatic carbocycles. The molecule has 0 atom stereocenters. The molecule has 0 spiro atoms. The summed E-state index contributed by atoms with van der Waals surface area (Å²) in [6.45, 7) is 4.60. The van der Waals surface area contributed by atoms with Gasteiger partial charge in [-0.1, -0.05) is 6.92 Å². The van der Waals surface area contributed by atoms with Crippen LogP contribution in [0.15, 0.2) is 24.7 Å². The highest BCUT2D eigenvalue weighted by Gasteiger charge is 2.18. The molecular weight excluding hydrogens is 267 g/mol. The van der Waals surface area contributed by atoms with Gasteiger partial charge in [-0.3, -0.25) is 9.88 Å². The predicted molar refractivity (Wildman–Crippen MR) is 78.0 cm³/mol. The lowest BCUT2D eigenvalue weighted by molar-refractivity contribution is 0.242. The fourth-order valence-corrected chi connectivity index (χ4v) is 2.70. The largest absolute Gasteiger partial charge is 0.294 e. The molecule has 5 heteroatoms. The third kappa shape index (κ3) is 3.42. The molecular formula is C16H19FN4. The third-order valence-electron chi connectivity index (χ3n) is 3.70. The summed E-state index contributed by atoms with van der Waals surface area (Å²) in [6, 6.07) is 1.55. The van der Waals surface area contributed by atoms with Crippen LogP contribution < -0.4 is 0 Å². The third-order valence-corrected chi connectivity index (χ3v) is 3.70. The van der Waals surface area contributed by atoms with E-state index in [4.69, 9.17) is 0 Å². The van der Waals surface area contributed by atoms with Crippen molar-refractivity contribution in [3.63, 3.8) is 0 Å². The van der Waals surface area contributed by atoms with Crippen molar-refractivity contribution in [2.75, 3.05) is 6.54 Å². The van der Waals surface area contributed by atoms with Crippen molar-refractivity contribution in [1.29, 1.82) is 0 Å². The van der Waals surface area contributed by atoms with Gasteiger partial charge in [0.25, 0.3) is 0 Å². The lowest BCUT2D eigenvalue weighted by Gasteiger charge is -2.28. The minimum atomic E-state index is -0.280. The number of fused-ring (bicyclic) bond motifs is 1. The second-order valence-corrected chi connectivity index (χ2v) is 5.48. The highest BCUT2D eigenvalue weighted by atomic mass is 19.1. The summed E-state index contributed by atoms with van der Waals surface area (Å²) in [4.78, 5) is 15.3. The number of rotatable bonds is 4. The van der Waals surface area contributed by atoms with Gasteiger partial charge in [-0.15, -0.1) is 0 Å². The Kier molecular flexibility index (Phi) is 4.20. The molecule has 0 fully saturated rings. The highest BCUT2D eigenvalue weighted by Crippen LogP contribution is 2.18. The minimum Gasteiger partial charge on any atom is -0.294 e. The summed E-state index contributed by atoms with van der Waals surface area (Å²) in [5.41, 5.74) is 3.26. The molecule has 0 bridgehead atoms. The Hall–Kier alpha value is -1.88. The summed E-state index contributed by atoms with van der Waals surface area (Å²) in [5, 5.41) is 0. The molecule has 0 unspecified atom stereocenters. The number of hydrogen-bond acceptors (Lipinski definition) is 4. The summed E-state index contributed by atoms with van der Waals surface area (Å²) < 4.78 is 13.2. The number of nitrogens with zero attached hydrogens (tertiary/aromatic N) is 4. The zero-order valence-corrected chi connectivity index (χ0v) is 12.2. The summed E-state index contributed by atoms with van der Waals surface area (Å²) >= 11 is 0. The number of halogens is 1. The monoisotopic (exact) mass is 286 g/mol. The van der Waals surface area contributed by atoms with Crippen LogP contribution in [-0.4, -0.2) is 26.4 Å². The quantitative estimate of drug-likeness (QED) is 0.866. The van der Waals surface area contributed by atoms with E-state index in [0.29, 0.717) is 6.54 Å². The van der Waals surface area contributed by atoms with E-state index < -0.39 is 0 Å². The van der Waals surface area contributed by atoms with Crippen molar-refractivity contribution in [2.45, 2.75) is 39.3 Å². The lowest BCUT2D eigenvalue weighted by atomic mass is 10.1. The van der Waals surface area contributed by atoms with Gasteiger partial charge in [0.15, 0.2) is 0 Å². The van der Waals surface area contributed by atoms with Crippen molar-refractivity contribution >= 4 is 0 Å². The molecule has 0 saturated heterocycles. The van der Waals surface area contributed by atoms with Gasteiger partial charge in [-0.05, 0) is 18.1 Å². The van der Waals surface area contributed by atoms with E-state index >= 15 is 0 Å². The van der Waals surface area contributed by atoms with Gasteiger partial charge in [-0.25, -0.2) is 14.4 Å². The van der Waals surface area contributed by atoms with E-state index in [2.05, 4.69) is 26.8 Å². The summed E-state index contributed by atoms with van der Waals surface area (Å²) in [5.74, 6) is 0.663. The molecule has 110 valence electrons. The second-order valence-electron chi connectivity index (χ2n) is 5.48. The Morgan fingerprint density at radius 1 is 1.29 bits per heavy atom. The Morgan fingerprint density at radius 3 is 3.00 bits per heavy atom. The van der Waals surface area contributed by atoms with Gasteiger partial charge in [0.1, 0.15) is 11.6 Å². The van der Waals surface area contributed by atoms with Crippen LogP contribution in [0, 0.1) is 5.82 Å². The second kappa shape index (κ2) is 6.26. The van der Waals surface area contributed by atoms with Crippen LogP contribution in [0.1, 0.15) is 36.0 Å². The van der Waals surface area contributed by atoms with Crippen molar-refractivity contribution in [1.82, 2.24) is 19.9 Å². The molecule has 21 heavy (non-hydrogen) atoms. The Labute approximate surface area is 124 Å². The first-order valence-electron chi connectivity index (χ1n) is 7.40. The normalized spacial score (nSPS) is 15.0. The molecule has 3 heterocycles. The van der Waals surface area contributed by atoms with Gasteiger partial charge >= 0.3 is 0 Å². The van der Waals surface area contributed by atoms with E-state index in [1.807, 2.05) is 6.20 Å². The van der Waals surface area contributed by atoms with Gasteiger partial charge in [0, 0.05) is 56.1 Å². The summed E-state index contributed by atoms with van der Waals surface area (Å²) in [7, 11) is 0. The van der Waals surface area contributed by atoms with E-state index in [9.17, 15) is 4.39 Å². The molecule has 3 rings (SSSR count). The smallest absolute Gasteiger partial charge is 0.141 e. The molecule has 1 aliphatic rings. The maximum absolute atomic E-state index is 13.2. The minimum absolute atomic E-state index is 0.280. The van der Waals surface area contributed by atoms with Crippen LogP contribution in [0.5, 0.6) is 0 Å². The zero-order valence-electron chi connectivity index (χ0n) is 12.2. The zero-order chi connectivity index (χ0) is 14.7. The van der Waals surface area contributed by atoms with Crippen molar-refractivity contribution in [2.24, 2.45) is 0 Å². The topological polar surface area (TPSA) is 41.9 Å². The molecule has 0 N–H and O–H groups in total. The molecule has 2 aromatic heterocycles. The standard InChI is InChI=1S/C16H19FN4/c1-2-3-16-19-8-13-11-21(5-4-15(13)20-16)10-12-6-14(17)9-18-7-12/h6-9H,2-5,10-11H2,1H3. The maximum Gasteiger partial charge on any atom is 0.141 e. The van der Waals surface area contributed by atoms with Gasteiger partial charge < -0.3 is 0 Å². The number of aryl methyl sites for hydroxylation is 1. The predicted octanol–water partition coefficient (Wildman–Crippen LogP) is 2.52. The summed E-state index contributed by atoms with van der Waals surface area (Å²) in [6.07, 6.45) is 7.83. The van der Waals surface area contributed by atoms with Crippen LogP contribution in [-0.2, 0) is 25.9 Å². The number of pyridine rings is 1. The highest BCUT2D eigenvalue weighted by molar-refractivity contribution is 5.21. The van der Waals surface area contributed by atoms with Crippen LogP contribution in [0.25, 0.3) is 0 Å². The van der Waals surface area contributed by atoms with Crippen molar-refractivity contribution in [3.8, 4) is 0 Å². The van der Waals surface area contributed by atoms with Gasteiger partial charge in [0.2, 0.25) is 0 Å². The number of hydrogen-bond donors (Lipinski definition) is 0. The van der Waals surface area contributed by atoms with E-state index in [1.54, 1.807) is 12.3 Å². The molecule has 0 amide bonds. The van der Waals surface area contributed by atoms with Gasteiger partial charge in [-0.2, -0.15) is 0 Å². The fraction of sp³-hybridized carbons (Fsp3) is 0.438. The molecule has 2 aromatic rings. The van der Waals surface area contributed by atoms with Crippen molar-refractivity contribution in [3.05, 3.63) is 53.1 Å². The molecule has 0 saturated carbocycles. The van der Waals surface area contributed by atoms with E-state index in [0.717, 1.165) is 43.7 Å². The first kappa shape index (κ1) is 14.1. The first-order chi connectivity index (χ1) is 10.2. The maximum atomic E-state index is 13.2. The van der Waals surface area contributed by atoms with Crippen LogP contribution in [0.3, 0.4) is 0 Å². The lowest BCUT2D eigenvalue weighted by Crippen LogP contribution is -2.31. The molecule has 0 aliphatic carbocycles. The van der Waals surface area contributed by atoms with Gasteiger partial charge in [0.05, 0.1) is 6.20 Å². The van der Waals surface area contributed by atoms with Crippen molar-refractivity contribution < 1.29 is 4.39 Å². The molecule has 0 radical (unpaired) electrons. The molecule has 1 aliphatic heterocycles. The Balaban J connectivity index is 1.70. The van der Waals surface area contributed by atoms with E-state index in [-0.39, 0.29) is 5.82 Å². The first-order valence-corrected chi connectivity index (χ1v) is 7.40. The van der Waals surface area contributed by atoms with Crippen LogP contribution in [0.4, 0.5) is 4.39 Å². The average molecular weight is 286 g/mol.